The number of carbonyl (C=O) groups excluding carboxylic acids is 1. The molecule has 5 nitrogen and oxygen atoms in total. The van der Waals surface area contributed by atoms with Crippen LogP contribution in [-0.2, 0) is 9.53 Å². The van der Waals surface area contributed by atoms with E-state index in [-0.39, 0.29) is 11.8 Å². The number of benzene rings is 1. The first kappa shape index (κ1) is 17.5. The van der Waals surface area contributed by atoms with E-state index in [0.717, 1.165) is 16.7 Å². The van der Waals surface area contributed by atoms with Crippen molar-refractivity contribution in [3.05, 3.63) is 41.0 Å². The highest BCUT2D eigenvalue weighted by molar-refractivity contribution is 5.98. The number of fused-ring (bicyclic) bond motifs is 3. The van der Waals surface area contributed by atoms with Crippen molar-refractivity contribution in [3.8, 4) is 0 Å². The molecule has 25 heavy (non-hydrogen) atoms. The summed E-state index contributed by atoms with van der Waals surface area (Å²) in [6.45, 7) is 9.26. The number of carboxylic acids is 1. The van der Waals surface area contributed by atoms with Crippen LogP contribution in [0, 0.1) is 19.8 Å². The largest absolute Gasteiger partial charge is 0.480 e. The second kappa shape index (κ2) is 5.90. The first-order chi connectivity index (χ1) is 11.6. The Kier molecular flexibility index (Phi) is 4.13. The average Bonchev–Trinajstić information content (AvgIpc) is 2.96. The molecule has 5 heteroatoms. The van der Waals surface area contributed by atoms with Crippen LogP contribution in [0.3, 0.4) is 0 Å². The van der Waals surface area contributed by atoms with Gasteiger partial charge in [0.25, 0.3) is 0 Å². The fourth-order valence-corrected chi connectivity index (χ4v) is 3.88. The van der Waals surface area contributed by atoms with Crippen LogP contribution >= 0.6 is 0 Å². The minimum Gasteiger partial charge on any atom is -0.480 e. The fraction of sp³-hybridized carbons (Fsp3) is 0.500. The Hall–Kier alpha value is -2.30. The molecule has 1 N–H and O–H groups in total. The molecule has 0 aromatic heterocycles. The summed E-state index contributed by atoms with van der Waals surface area (Å²) in [5, 5.41) is 9.91. The molecule has 1 heterocycles. The lowest BCUT2D eigenvalue weighted by Gasteiger charge is -2.43. The van der Waals surface area contributed by atoms with Crippen LogP contribution in [0.15, 0.2) is 24.3 Å². The minimum absolute atomic E-state index is 0.0223. The molecule has 134 valence electrons. The van der Waals surface area contributed by atoms with Gasteiger partial charge in [0.2, 0.25) is 0 Å². The van der Waals surface area contributed by atoms with Crippen molar-refractivity contribution in [2.75, 3.05) is 4.90 Å². The zero-order valence-electron chi connectivity index (χ0n) is 15.4. The van der Waals surface area contributed by atoms with Crippen LogP contribution in [0.2, 0.25) is 0 Å². The Labute approximate surface area is 148 Å². The number of carboxylic acid groups (broad SMARTS) is 1. The number of hydrogen-bond acceptors (Lipinski definition) is 3. The van der Waals surface area contributed by atoms with Crippen molar-refractivity contribution in [3.63, 3.8) is 0 Å². The van der Waals surface area contributed by atoms with E-state index in [1.807, 2.05) is 32.1 Å². The maximum atomic E-state index is 13.0. The van der Waals surface area contributed by atoms with Crippen LogP contribution < -0.4 is 4.90 Å². The second-order valence-corrected chi connectivity index (χ2v) is 7.93. The SMILES string of the molecule is Cc1ccc2c(c1C)N(C(=O)OC(C)(C)C)[C@@H](C(=O)O)[C@H]1CC=C[C@@H]21. The zero-order valence-corrected chi connectivity index (χ0v) is 15.4. The second-order valence-electron chi connectivity index (χ2n) is 7.93. The molecule has 1 aliphatic heterocycles. The molecule has 0 radical (unpaired) electrons. The van der Waals surface area contributed by atoms with Gasteiger partial charge in [-0.25, -0.2) is 9.59 Å². The standard InChI is InChI=1S/C20H25NO4/c1-11-9-10-15-13-7-6-8-14(13)17(18(22)23)21(16(15)12(11)2)19(24)25-20(3,4)5/h6-7,9-10,13-14,17H,8H2,1-5H3,(H,22,23)/t13-,14+,17-/m1/s1. The Morgan fingerprint density at radius 3 is 2.52 bits per heavy atom. The van der Waals surface area contributed by atoms with Gasteiger partial charge in [0.05, 0.1) is 5.69 Å². The molecule has 2 aliphatic rings. The number of rotatable bonds is 1. The van der Waals surface area contributed by atoms with Gasteiger partial charge in [0, 0.05) is 11.8 Å². The monoisotopic (exact) mass is 343 g/mol. The highest BCUT2D eigenvalue weighted by Crippen LogP contribution is 2.49. The number of ether oxygens (including phenoxy) is 1. The Bertz CT molecular complexity index is 760. The average molecular weight is 343 g/mol. The fourth-order valence-electron chi connectivity index (χ4n) is 3.88. The maximum Gasteiger partial charge on any atom is 0.415 e. The molecule has 1 aromatic rings. The van der Waals surface area contributed by atoms with Crippen LogP contribution in [0.1, 0.15) is 49.8 Å². The van der Waals surface area contributed by atoms with Crippen LogP contribution in [0.4, 0.5) is 10.5 Å². The summed E-state index contributed by atoms with van der Waals surface area (Å²) >= 11 is 0. The lowest BCUT2D eigenvalue weighted by atomic mass is 9.77. The number of anilines is 1. The van der Waals surface area contributed by atoms with Gasteiger partial charge in [-0.15, -0.1) is 0 Å². The van der Waals surface area contributed by atoms with E-state index in [2.05, 4.69) is 6.08 Å². The van der Waals surface area contributed by atoms with Gasteiger partial charge in [0.1, 0.15) is 11.6 Å². The maximum absolute atomic E-state index is 13.0. The number of amides is 1. The van der Waals surface area contributed by atoms with Gasteiger partial charge in [-0.2, -0.15) is 0 Å². The lowest BCUT2D eigenvalue weighted by molar-refractivity contribution is -0.140. The van der Waals surface area contributed by atoms with E-state index in [1.165, 1.54) is 4.90 Å². The number of aliphatic carboxylic acids is 1. The number of nitrogens with zero attached hydrogens (tertiary/aromatic N) is 1. The molecule has 0 unspecified atom stereocenters. The van der Waals surface area contributed by atoms with Crippen molar-refractivity contribution >= 4 is 17.7 Å². The van der Waals surface area contributed by atoms with Crippen LogP contribution in [-0.4, -0.2) is 28.8 Å². The topological polar surface area (TPSA) is 66.8 Å². The predicted molar refractivity (Wildman–Crippen MR) is 96.0 cm³/mol. The van der Waals surface area contributed by atoms with E-state index < -0.39 is 23.7 Å². The van der Waals surface area contributed by atoms with Crippen molar-refractivity contribution < 1.29 is 19.4 Å². The minimum atomic E-state index is -0.990. The van der Waals surface area contributed by atoms with E-state index in [1.54, 1.807) is 20.8 Å². The third kappa shape index (κ3) is 2.92. The molecular formula is C20H25NO4. The third-order valence-corrected chi connectivity index (χ3v) is 5.07. The van der Waals surface area contributed by atoms with Crippen molar-refractivity contribution in [2.24, 2.45) is 5.92 Å². The predicted octanol–water partition coefficient (Wildman–Crippen LogP) is 4.17. The molecule has 1 aliphatic carbocycles. The zero-order chi connectivity index (χ0) is 18.5. The lowest BCUT2D eigenvalue weighted by Crippen LogP contribution is -2.54. The van der Waals surface area contributed by atoms with Crippen molar-refractivity contribution in [2.45, 2.75) is 58.6 Å². The van der Waals surface area contributed by atoms with E-state index in [9.17, 15) is 14.7 Å². The normalized spacial score (nSPS) is 24.7. The summed E-state index contributed by atoms with van der Waals surface area (Å²) in [4.78, 5) is 26.4. The first-order valence-electron chi connectivity index (χ1n) is 8.63. The Morgan fingerprint density at radius 2 is 1.92 bits per heavy atom. The van der Waals surface area contributed by atoms with Gasteiger partial charge in [-0.3, -0.25) is 4.90 Å². The van der Waals surface area contributed by atoms with E-state index in [4.69, 9.17) is 4.74 Å². The number of allylic oxidation sites excluding steroid dienone is 2. The molecule has 0 saturated heterocycles. The summed E-state index contributed by atoms with van der Waals surface area (Å²) in [7, 11) is 0. The third-order valence-electron chi connectivity index (χ3n) is 5.07. The summed E-state index contributed by atoms with van der Waals surface area (Å²) < 4.78 is 5.56. The van der Waals surface area contributed by atoms with Crippen molar-refractivity contribution in [1.29, 1.82) is 0 Å². The van der Waals surface area contributed by atoms with Gasteiger partial charge < -0.3 is 9.84 Å². The van der Waals surface area contributed by atoms with Crippen molar-refractivity contribution in [1.82, 2.24) is 0 Å². The van der Waals surface area contributed by atoms with Crippen LogP contribution in [0.25, 0.3) is 0 Å². The molecule has 3 atom stereocenters. The molecule has 3 rings (SSSR count). The molecule has 0 bridgehead atoms. The van der Waals surface area contributed by atoms with Gasteiger partial charge in [-0.05, 0) is 57.7 Å². The van der Waals surface area contributed by atoms with Gasteiger partial charge in [0.15, 0.2) is 0 Å². The molecular weight excluding hydrogens is 318 g/mol. The highest BCUT2D eigenvalue weighted by atomic mass is 16.6. The summed E-state index contributed by atoms with van der Waals surface area (Å²) in [5.74, 6) is -1.13. The molecule has 0 saturated carbocycles. The van der Waals surface area contributed by atoms with E-state index >= 15 is 0 Å². The molecule has 1 amide bonds. The molecule has 1 aromatic carbocycles. The summed E-state index contributed by atoms with van der Waals surface area (Å²) in [6, 6.07) is 3.12. The summed E-state index contributed by atoms with van der Waals surface area (Å²) in [6.07, 6.45) is 4.14. The number of hydrogen-bond donors (Lipinski definition) is 1. The summed E-state index contributed by atoms with van der Waals surface area (Å²) in [5.41, 5.74) is 2.95. The van der Waals surface area contributed by atoms with Crippen LogP contribution in [0.5, 0.6) is 0 Å². The van der Waals surface area contributed by atoms with E-state index in [0.29, 0.717) is 12.1 Å². The first-order valence-corrected chi connectivity index (χ1v) is 8.63. The van der Waals surface area contributed by atoms with Gasteiger partial charge >= 0.3 is 12.1 Å². The number of carbonyl (C=O) groups is 2. The quantitative estimate of drug-likeness (QED) is 0.777. The highest BCUT2D eigenvalue weighted by Gasteiger charge is 2.49. The van der Waals surface area contributed by atoms with Gasteiger partial charge in [-0.1, -0.05) is 24.3 Å². The molecule has 0 fully saturated rings. The smallest absolute Gasteiger partial charge is 0.415 e. The Balaban J connectivity index is 2.20. The number of aryl methyl sites for hydroxylation is 1. The molecule has 0 spiro atoms. The Morgan fingerprint density at radius 1 is 1.24 bits per heavy atom.